The summed E-state index contributed by atoms with van der Waals surface area (Å²) in [6, 6.07) is 15.0. The first-order valence-electron chi connectivity index (χ1n) is 7.67. The van der Waals surface area contributed by atoms with Gasteiger partial charge in [-0.05, 0) is 34.6 Å². The number of nitrogens with zero attached hydrogens (tertiary/aromatic N) is 1. The molecule has 3 rings (SSSR count). The molecule has 1 aromatic heterocycles. The Labute approximate surface area is 174 Å². The van der Waals surface area contributed by atoms with E-state index in [-0.39, 0.29) is 16.3 Å². The number of halogens is 3. The highest BCUT2D eigenvalue weighted by Crippen LogP contribution is 2.33. The number of hydrogen-bond donors (Lipinski definition) is 1. The van der Waals surface area contributed by atoms with Gasteiger partial charge in [0.1, 0.15) is 4.83 Å². The first kappa shape index (κ1) is 19.3. The van der Waals surface area contributed by atoms with Crippen LogP contribution < -0.4 is 10.3 Å². The van der Waals surface area contributed by atoms with Crippen LogP contribution in [0.2, 0.25) is 0 Å². The molecular weight excluding hydrogens is 532 g/mol. The Morgan fingerprint density at radius 2 is 1.69 bits per heavy atom. The van der Waals surface area contributed by atoms with Crippen molar-refractivity contribution in [1.29, 1.82) is 0 Å². The number of aromatic nitrogens is 2. The summed E-state index contributed by atoms with van der Waals surface area (Å²) in [5.74, 6) is -0.384. The van der Waals surface area contributed by atoms with Crippen LogP contribution in [0.5, 0.6) is 0 Å². The molecule has 0 aliphatic rings. The molecule has 2 aromatic carbocycles. The standard InChI is InChI=1S/C18H13Br3N2O3/c1-10-2-8-13(9-3-10)23-16(18(25)26-22-23)17(24)15(21)14(20)11-4-6-12(19)7-5-11/h2-9,14-15H,1H3/p+1. The van der Waals surface area contributed by atoms with Crippen LogP contribution in [0.25, 0.3) is 5.69 Å². The summed E-state index contributed by atoms with van der Waals surface area (Å²) in [5.41, 5.74) is 1.83. The van der Waals surface area contributed by atoms with Gasteiger partial charge in [0.2, 0.25) is 5.69 Å². The number of hydrogen-bond acceptors (Lipinski definition) is 3. The van der Waals surface area contributed by atoms with Gasteiger partial charge < -0.3 is 0 Å². The molecule has 134 valence electrons. The summed E-state index contributed by atoms with van der Waals surface area (Å²) >= 11 is 10.4. The molecular formula is C18H14Br3N2O3+. The Balaban J connectivity index is 1.94. The van der Waals surface area contributed by atoms with Crippen molar-refractivity contribution in [3.63, 3.8) is 0 Å². The lowest BCUT2D eigenvalue weighted by molar-refractivity contribution is -0.672. The minimum atomic E-state index is -0.712. The topological polar surface area (TPSA) is 67.0 Å². The average Bonchev–Trinajstić information content (AvgIpc) is 3.02. The third kappa shape index (κ3) is 3.92. The number of benzene rings is 2. The second kappa shape index (κ2) is 8.02. The van der Waals surface area contributed by atoms with Crippen molar-refractivity contribution in [3.05, 3.63) is 80.2 Å². The third-order valence-electron chi connectivity index (χ3n) is 3.87. The van der Waals surface area contributed by atoms with Crippen molar-refractivity contribution >= 4 is 53.6 Å². The third-order valence-corrected chi connectivity index (χ3v) is 7.11. The summed E-state index contributed by atoms with van der Waals surface area (Å²) in [5, 5.41) is 2.50. The number of carbonyl (C=O) groups is 1. The number of carbonyl (C=O) groups excluding carboxylic acids is 1. The Kier molecular flexibility index (Phi) is 5.94. The van der Waals surface area contributed by atoms with Crippen molar-refractivity contribution in [3.8, 4) is 5.69 Å². The molecule has 0 aliphatic carbocycles. The Bertz CT molecular complexity index is 978. The lowest BCUT2D eigenvalue weighted by Crippen LogP contribution is -2.43. The molecule has 2 atom stereocenters. The smallest absolute Gasteiger partial charge is 0.286 e. The minimum absolute atomic E-state index is 0.0720. The zero-order valence-electron chi connectivity index (χ0n) is 13.6. The fourth-order valence-electron chi connectivity index (χ4n) is 2.44. The molecule has 0 saturated heterocycles. The number of nitrogens with one attached hydrogen (secondary N) is 1. The van der Waals surface area contributed by atoms with Gasteiger partial charge in [-0.2, -0.15) is 0 Å². The Morgan fingerprint density at radius 3 is 2.31 bits per heavy atom. The summed E-state index contributed by atoms with van der Waals surface area (Å²) in [6.45, 7) is 1.96. The van der Waals surface area contributed by atoms with Crippen LogP contribution in [0.4, 0.5) is 0 Å². The second-order valence-corrected chi connectivity index (χ2v) is 8.61. The van der Waals surface area contributed by atoms with E-state index in [2.05, 4.69) is 53.1 Å². The number of alkyl halides is 2. The molecule has 1 heterocycles. The molecule has 0 bridgehead atoms. The van der Waals surface area contributed by atoms with Gasteiger partial charge >= 0.3 is 11.3 Å². The van der Waals surface area contributed by atoms with E-state index in [0.717, 1.165) is 15.6 Å². The van der Waals surface area contributed by atoms with Crippen LogP contribution >= 0.6 is 47.8 Å². The molecule has 0 radical (unpaired) electrons. The van der Waals surface area contributed by atoms with Crippen LogP contribution in [0, 0.1) is 6.92 Å². The first-order chi connectivity index (χ1) is 12.4. The Hall–Kier alpha value is -1.51. The Morgan fingerprint density at radius 1 is 1.08 bits per heavy atom. The van der Waals surface area contributed by atoms with Gasteiger partial charge in [0, 0.05) is 16.6 Å². The monoisotopic (exact) mass is 543 g/mol. The molecule has 0 amide bonds. The van der Waals surface area contributed by atoms with Gasteiger partial charge in [-0.15, -0.1) is 0 Å². The van der Waals surface area contributed by atoms with E-state index >= 15 is 0 Å². The van der Waals surface area contributed by atoms with E-state index in [1.165, 1.54) is 4.68 Å². The predicted octanol–water partition coefficient (Wildman–Crippen LogP) is 4.40. The first-order valence-corrected chi connectivity index (χ1v) is 10.3. The average molecular weight is 546 g/mol. The molecule has 0 saturated carbocycles. The van der Waals surface area contributed by atoms with E-state index < -0.39 is 10.5 Å². The van der Waals surface area contributed by atoms with Crippen LogP contribution in [0.15, 0.2) is 62.3 Å². The van der Waals surface area contributed by atoms with Gasteiger partial charge in [0.15, 0.2) is 0 Å². The summed E-state index contributed by atoms with van der Waals surface area (Å²) in [6.07, 6.45) is 0. The fraction of sp³-hybridized carbons (Fsp3) is 0.167. The van der Waals surface area contributed by atoms with Gasteiger partial charge in [-0.3, -0.25) is 9.32 Å². The molecule has 0 aliphatic heterocycles. The molecule has 1 N–H and O–H groups in total. The summed E-state index contributed by atoms with van der Waals surface area (Å²) in [4.78, 5) is 24.2. The van der Waals surface area contributed by atoms with Gasteiger partial charge in [-0.25, -0.2) is 4.79 Å². The van der Waals surface area contributed by atoms with Crippen LogP contribution in [-0.4, -0.2) is 15.9 Å². The lowest BCUT2D eigenvalue weighted by Gasteiger charge is -2.14. The number of aryl methyl sites for hydroxylation is 1. The lowest BCUT2D eigenvalue weighted by atomic mass is 10.1. The molecule has 0 spiro atoms. The summed E-state index contributed by atoms with van der Waals surface area (Å²) in [7, 11) is 0. The highest BCUT2D eigenvalue weighted by Gasteiger charge is 2.38. The molecule has 3 aromatic rings. The molecule has 5 nitrogen and oxygen atoms in total. The predicted molar refractivity (Wildman–Crippen MR) is 108 cm³/mol. The van der Waals surface area contributed by atoms with E-state index in [9.17, 15) is 9.59 Å². The maximum Gasteiger partial charge on any atom is 0.438 e. The quantitative estimate of drug-likeness (QED) is 0.294. The van der Waals surface area contributed by atoms with E-state index in [1.54, 1.807) is 12.1 Å². The van der Waals surface area contributed by atoms with E-state index in [0.29, 0.717) is 5.69 Å². The van der Waals surface area contributed by atoms with E-state index in [1.807, 2.05) is 43.3 Å². The van der Waals surface area contributed by atoms with Crippen molar-refractivity contribution in [1.82, 2.24) is 5.27 Å². The fourth-order valence-corrected chi connectivity index (χ4v) is 3.77. The molecule has 0 fully saturated rings. The highest BCUT2D eigenvalue weighted by molar-refractivity contribution is 9.12. The highest BCUT2D eigenvalue weighted by atomic mass is 79.9. The van der Waals surface area contributed by atoms with Crippen LogP contribution in [-0.2, 0) is 0 Å². The number of rotatable bonds is 5. The second-order valence-electron chi connectivity index (χ2n) is 5.72. The largest absolute Gasteiger partial charge is 0.438 e. The van der Waals surface area contributed by atoms with Crippen molar-refractivity contribution in [2.45, 2.75) is 16.6 Å². The van der Waals surface area contributed by atoms with Crippen molar-refractivity contribution in [2.24, 2.45) is 0 Å². The zero-order chi connectivity index (χ0) is 18.8. The molecule has 2 unspecified atom stereocenters. The van der Waals surface area contributed by atoms with Gasteiger partial charge in [0.25, 0.3) is 5.78 Å². The van der Waals surface area contributed by atoms with Crippen LogP contribution in [0.1, 0.15) is 26.4 Å². The molecule has 26 heavy (non-hydrogen) atoms. The van der Waals surface area contributed by atoms with Crippen LogP contribution in [0.3, 0.4) is 0 Å². The maximum atomic E-state index is 13.0. The number of ketones is 1. The number of aromatic amines is 1. The summed E-state index contributed by atoms with van der Waals surface area (Å²) < 4.78 is 7.18. The van der Waals surface area contributed by atoms with Crippen molar-refractivity contribution < 1.29 is 14.0 Å². The van der Waals surface area contributed by atoms with Gasteiger partial charge in [-0.1, -0.05) is 77.6 Å². The maximum absolute atomic E-state index is 13.0. The van der Waals surface area contributed by atoms with Gasteiger partial charge in [0.05, 0.1) is 4.83 Å². The minimum Gasteiger partial charge on any atom is -0.286 e. The number of Topliss-reactive ketones (excluding diaryl/α,β-unsaturated/α-hetero) is 1. The SMILES string of the molecule is Cc1ccc(-[n+]2[nH]oc(=O)c2C(=O)C(Br)C(Br)c2ccc(Br)cc2)cc1. The van der Waals surface area contributed by atoms with Crippen molar-refractivity contribution in [2.75, 3.05) is 0 Å². The molecule has 8 heteroatoms. The zero-order valence-corrected chi connectivity index (χ0v) is 18.3. The van der Waals surface area contributed by atoms with E-state index in [4.69, 9.17) is 4.52 Å². The number of H-pyrrole nitrogens is 1. The normalized spacial score (nSPS) is 13.4.